The lowest BCUT2D eigenvalue weighted by molar-refractivity contribution is -0.120. The topological polar surface area (TPSA) is 26.3 Å². The first kappa shape index (κ1) is 11.9. The van der Waals surface area contributed by atoms with Crippen molar-refractivity contribution in [2.75, 3.05) is 0 Å². The fraction of sp³-hybridized carbons (Fsp3) is 0.0625. The minimum atomic E-state index is 0.428. The number of carbonyl (C=O) groups excluding carboxylic acids is 1. The molecule has 0 fully saturated rings. The first-order valence-corrected chi connectivity index (χ1v) is 5.57. The maximum absolute atomic E-state index is 10.3. The van der Waals surface area contributed by atoms with Gasteiger partial charge in [0.05, 0.1) is 0 Å². The van der Waals surface area contributed by atoms with Crippen LogP contribution in [0.1, 0.15) is 16.7 Å². The Hall–Kier alpha value is -2.53. The van der Waals surface area contributed by atoms with E-state index in [-0.39, 0.29) is 0 Å². The van der Waals surface area contributed by atoms with E-state index in [1.54, 1.807) is 6.07 Å². The van der Waals surface area contributed by atoms with Gasteiger partial charge in [-0.05, 0) is 42.8 Å². The molecule has 2 aromatic carbocycles. The number of rotatable bonds is 2. The van der Waals surface area contributed by atoms with Crippen LogP contribution >= 0.6 is 0 Å². The molecular weight excluding hydrogens is 224 g/mol. The Labute approximate surface area is 106 Å². The summed E-state index contributed by atoms with van der Waals surface area (Å²) >= 11 is 0. The molecule has 0 saturated heterocycles. The summed E-state index contributed by atoms with van der Waals surface area (Å²) in [5.41, 5.74) is 2.76. The molecule has 0 aliphatic rings. The van der Waals surface area contributed by atoms with Gasteiger partial charge in [-0.3, -0.25) is 4.79 Å². The van der Waals surface area contributed by atoms with Crippen molar-refractivity contribution in [2.45, 2.75) is 6.92 Å². The van der Waals surface area contributed by atoms with Gasteiger partial charge in [0.2, 0.25) is 0 Å². The summed E-state index contributed by atoms with van der Waals surface area (Å²) in [6.07, 6.45) is 0. The van der Waals surface area contributed by atoms with Crippen LogP contribution in [0.25, 0.3) is 0 Å². The summed E-state index contributed by atoms with van der Waals surface area (Å²) < 4.78 is 4.83. The molecule has 2 rings (SSSR count). The van der Waals surface area contributed by atoms with Crippen molar-refractivity contribution < 1.29 is 9.53 Å². The van der Waals surface area contributed by atoms with Gasteiger partial charge < -0.3 is 4.74 Å². The normalized spacial score (nSPS) is 9.17. The van der Waals surface area contributed by atoms with Crippen molar-refractivity contribution in [3.8, 4) is 17.6 Å². The molecule has 0 radical (unpaired) electrons. The lowest BCUT2D eigenvalue weighted by Gasteiger charge is -2.02. The predicted molar refractivity (Wildman–Crippen MR) is 70.3 cm³/mol. The third-order valence-corrected chi connectivity index (χ3v) is 2.47. The van der Waals surface area contributed by atoms with E-state index in [4.69, 9.17) is 4.74 Å². The quantitative estimate of drug-likeness (QED) is 0.592. The van der Waals surface area contributed by atoms with E-state index in [1.807, 2.05) is 49.4 Å². The van der Waals surface area contributed by atoms with Crippen LogP contribution in [0.3, 0.4) is 0 Å². The summed E-state index contributed by atoms with van der Waals surface area (Å²) in [5.74, 6) is 6.72. The van der Waals surface area contributed by atoms with Gasteiger partial charge in [0.1, 0.15) is 5.75 Å². The van der Waals surface area contributed by atoms with Crippen LogP contribution in [0.4, 0.5) is 0 Å². The first-order valence-electron chi connectivity index (χ1n) is 5.57. The predicted octanol–water partition coefficient (Wildman–Crippen LogP) is 2.93. The molecule has 18 heavy (non-hydrogen) atoms. The molecule has 0 unspecified atom stereocenters. The van der Waals surface area contributed by atoms with Crippen molar-refractivity contribution >= 4 is 6.47 Å². The Morgan fingerprint density at radius 1 is 1.00 bits per heavy atom. The van der Waals surface area contributed by atoms with Gasteiger partial charge in [-0.1, -0.05) is 30.0 Å². The molecule has 0 spiro atoms. The second-order valence-electron chi connectivity index (χ2n) is 3.81. The number of aryl methyl sites for hydroxylation is 1. The van der Waals surface area contributed by atoms with Gasteiger partial charge >= 0.3 is 0 Å². The summed E-state index contributed by atoms with van der Waals surface area (Å²) in [6.45, 7) is 2.31. The molecule has 0 aromatic heterocycles. The molecule has 2 heteroatoms. The van der Waals surface area contributed by atoms with Crippen molar-refractivity contribution in [1.29, 1.82) is 0 Å². The van der Waals surface area contributed by atoms with Crippen LogP contribution in [-0.2, 0) is 4.79 Å². The highest BCUT2D eigenvalue weighted by molar-refractivity contribution is 5.51. The number of carbonyl (C=O) groups is 1. The molecule has 2 nitrogen and oxygen atoms in total. The zero-order chi connectivity index (χ0) is 12.8. The van der Waals surface area contributed by atoms with Crippen LogP contribution < -0.4 is 4.74 Å². The van der Waals surface area contributed by atoms with Crippen LogP contribution in [0.2, 0.25) is 0 Å². The lowest BCUT2D eigenvalue weighted by Crippen LogP contribution is -1.91. The maximum Gasteiger partial charge on any atom is 0.298 e. The molecular formula is C16H12O2. The fourth-order valence-electron chi connectivity index (χ4n) is 1.58. The first-order chi connectivity index (χ1) is 8.79. The van der Waals surface area contributed by atoms with Crippen molar-refractivity contribution in [1.82, 2.24) is 0 Å². The van der Waals surface area contributed by atoms with Crippen LogP contribution in [0.5, 0.6) is 5.75 Å². The van der Waals surface area contributed by atoms with Gasteiger partial charge in [0, 0.05) is 11.1 Å². The van der Waals surface area contributed by atoms with Gasteiger partial charge in [-0.2, -0.15) is 0 Å². The summed E-state index contributed by atoms with van der Waals surface area (Å²) in [7, 11) is 0. The van der Waals surface area contributed by atoms with E-state index in [2.05, 4.69) is 11.8 Å². The number of ether oxygens (including phenoxy) is 1. The molecule has 0 aliphatic carbocycles. The lowest BCUT2D eigenvalue weighted by atomic mass is 10.1. The van der Waals surface area contributed by atoms with E-state index in [0.717, 1.165) is 16.7 Å². The molecule has 0 heterocycles. The van der Waals surface area contributed by atoms with Crippen LogP contribution in [0, 0.1) is 18.8 Å². The summed E-state index contributed by atoms with van der Waals surface area (Å²) in [5, 5.41) is 0. The van der Waals surface area contributed by atoms with Crippen molar-refractivity contribution in [2.24, 2.45) is 0 Å². The van der Waals surface area contributed by atoms with Gasteiger partial charge in [0.15, 0.2) is 0 Å². The van der Waals surface area contributed by atoms with E-state index in [0.29, 0.717) is 12.2 Å². The molecule has 0 atom stereocenters. The Bertz CT molecular complexity index is 604. The average molecular weight is 236 g/mol. The number of benzene rings is 2. The minimum absolute atomic E-state index is 0.428. The molecule has 0 N–H and O–H groups in total. The second-order valence-corrected chi connectivity index (χ2v) is 3.81. The van der Waals surface area contributed by atoms with E-state index in [1.165, 1.54) is 0 Å². The zero-order valence-electron chi connectivity index (χ0n) is 10.0. The third-order valence-electron chi connectivity index (χ3n) is 2.47. The van der Waals surface area contributed by atoms with Crippen LogP contribution in [-0.4, -0.2) is 6.47 Å². The van der Waals surface area contributed by atoms with E-state index >= 15 is 0 Å². The molecule has 0 saturated carbocycles. The monoisotopic (exact) mass is 236 g/mol. The molecule has 0 bridgehead atoms. The molecule has 0 aliphatic heterocycles. The minimum Gasteiger partial charge on any atom is -0.428 e. The standard InChI is InChI=1S/C16H12O2/c1-13-11-15(9-10-16(13)18-12-17)8-7-14-5-3-2-4-6-14/h2-6,9-12H,1H3. The van der Waals surface area contributed by atoms with E-state index < -0.39 is 0 Å². The van der Waals surface area contributed by atoms with Gasteiger partial charge in [-0.15, -0.1) is 0 Å². The third kappa shape index (κ3) is 2.99. The largest absolute Gasteiger partial charge is 0.428 e. The second kappa shape index (κ2) is 5.70. The summed E-state index contributed by atoms with van der Waals surface area (Å²) in [4.78, 5) is 10.3. The summed E-state index contributed by atoms with van der Waals surface area (Å²) in [6, 6.07) is 15.3. The Morgan fingerprint density at radius 3 is 2.39 bits per heavy atom. The van der Waals surface area contributed by atoms with Gasteiger partial charge in [-0.25, -0.2) is 0 Å². The average Bonchev–Trinajstić information content (AvgIpc) is 2.41. The SMILES string of the molecule is Cc1cc(C#Cc2ccccc2)ccc1OC=O. The Balaban J connectivity index is 2.23. The fourth-order valence-corrected chi connectivity index (χ4v) is 1.58. The van der Waals surface area contributed by atoms with Gasteiger partial charge in [0.25, 0.3) is 6.47 Å². The van der Waals surface area contributed by atoms with E-state index in [9.17, 15) is 4.79 Å². The van der Waals surface area contributed by atoms with Crippen molar-refractivity contribution in [3.63, 3.8) is 0 Å². The highest BCUT2D eigenvalue weighted by Gasteiger charge is 1.98. The number of hydrogen-bond donors (Lipinski definition) is 0. The highest BCUT2D eigenvalue weighted by atomic mass is 16.5. The van der Waals surface area contributed by atoms with Crippen LogP contribution in [0.15, 0.2) is 48.5 Å². The number of hydrogen-bond acceptors (Lipinski definition) is 2. The van der Waals surface area contributed by atoms with Crippen molar-refractivity contribution in [3.05, 3.63) is 65.2 Å². The molecule has 2 aromatic rings. The Morgan fingerprint density at radius 2 is 1.72 bits per heavy atom. The highest BCUT2D eigenvalue weighted by Crippen LogP contribution is 2.18. The molecule has 88 valence electrons. The smallest absolute Gasteiger partial charge is 0.298 e. The Kier molecular flexibility index (Phi) is 3.78. The maximum atomic E-state index is 10.3. The zero-order valence-corrected chi connectivity index (χ0v) is 10.0. The molecule has 0 amide bonds.